The van der Waals surface area contributed by atoms with Crippen LogP contribution in [0.15, 0.2) is 47.6 Å². The number of nitrogens with zero attached hydrogens (tertiary/aromatic N) is 1. The molecule has 92 valence electrons. The molecule has 0 amide bonds. The number of phenolic OH excluding ortho intramolecular Hbond substituents is 1. The van der Waals surface area contributed by atoms with E-state index in [4.69, 9.17) is 11.6 Å². The molecular formula is C14H13ClN2O. The molecule has 0 aliphatic rings. The molecule has 2 aromatic rings. The van der Waals surface area contributed by atoms with E-state index in [9.17, 15) is 5.11 Å². The molecule has 0 aliphatic carbocycles. The third kappa shape index (κ3) is 3.25. The summed E-state index contributed by atoms with van der Waals surface area (Å²) in [6.07, 6.45) is 1.63. The lowest BCUT2D eigenvalue weighted by atomic mass is 10.2. The van der Waals surface area contributed by atoms with Crippen molar-refractivity contribution in [3.63, 3.8) is 0 Å². The number of halogens is 1. The van der Waals surface area contributed by atoms with E-state index in [0.717, 1.165) is 16.8 Å². The fraction of sp³-hybridized carbons (Fsp3) is 0.0714. The van der Waals surface area contributed by atoms with Crippen LogP contribution >= 0.6 is 11.6 Å². The van der Waals surface area contributed by atoms with Gasteiger partial charge in [-0.05, 0) is 42.3 Å². The molecule has 0 fully saturated rings. The van der Waals surface area contributed by atoms with E-state index in [1.165, 1.54) is 0 Å². The number of hydrogen-bond donors (Lipinski definition) is 2. The van der Waals surface area contributed by atoms with Gasteiger partial charge in [0.1, 0.15) is 5.75 Å². The summed E-state index contributed by atoms with van der Waals surface area (Å²) in [5.41, 5.74) is 5.55. The molecule has 0 radical (unpaired) electrons. The van der Waals surface area contributed by atoms with Crippen LogP contribution in [0.5, 0.6) is 5.75 Å². The van der Waals surface area contributed by atoms with Gasteiger partial charge in [-0.25, -0.2) is 0 Å². The lowest BCUT2D eigenvalue weighted by Gasteiger charge is -2.02. The molecule has 0 heterocycles. The molecule has 4 heteroatoms. The summed E-state index contributed by atoms with van der Waals surface area (Å²) in [7, 11) is 0. The first-order chi connectivity index (χ1) is 8.65. The van der Waals surface area contributed by atoms with Crippen molar-refractivity contribution in [2.24, 2.45) is 5.10 Å². The molecule has 0 atom stereocenters. The summed E-state index contributed by atoms with van der Waals surface area (Å²) in [5, 5.41) is 14.1. The first-order valence-electron chi connectivity index (χ1n) is 5.49. The largest absolute Gasteiger partial charge is 0.508 e. The summed E-state index contributed by atoms with van der Waals surface area (Å²) in [5.74, 6) is 0.220. The maximum atomic E-state index is 9.30. The zero-order valence-electron chi connectivity index (χ0n) is 9.89. The minimum absolute atomic E-state index is 0.220. The lowest BCUT2D eigenvalue weighted by Crippen LogP contribution is -1.91. The highest BCUT2D eigenvalue weighted by Crippen LogP contribution is 2.19. The van der Waals surface area contributed by atoms with Crippen LogP contribution in [-0.4, -0.2) is 11.3 Å². The van der Waals surface area contributed by atoms with Gasteiger partial charge in [0.25, 0.3) is 0 Å². The summed E-state index contributed by atoms with van der Waals surface area (Å²) >= 11 is 6.01. The SMILES string of the molecule is Cc1ccc(N/N=C/c2cccc(O)c2)cc1Cl. The Labute approximate surface area is 111 Å². The van der Waals surface area contributed by atoms with E-state index in [1.54, 1.807) is 24.4 Å². The molecule has 0 unspecified atom stereocenters. The van der Waals surface area contributed by atoms with E-state index in [-0.39, 0.29) is 5.75 Å². The van der Waals surface area contributed by atoms with Crippen LogP contribution in [0.25, 0.3) is 0 Å². The van der Waals surface area contributed by atoms with E-state index in [1.807, 2.05) is 31.2 Å². The van der Waals surface area contributed by atoms with Gasteiger partial charge in [-0.2, -0.15) is 5.10 Å². The van der Waals surface area contributed by atoms with E-state index >= 15 is 0 Å². The highest BCUT2D eigenvalue weighted by molar-refractivity contribution is 6.31. The number of anilines is 1. The van der Waals surface area contributed by atoms with Crippen molar-refractivity contribution < 1.29 is 5.11 Å². The van der Waals surface area contributed by atoms with Crippen molar-refractivity contribution in [2.45, 2.75) is 6.92 Å². The first-order valence-corrected chi connectivity index (χ1v) is 5.87. The van der Waals surface area contributed by atoms with Gasteiger partial charge in [-0.1, -0.05) is 29.8 Å². The van der Waals surface area contributed by atoms with Crippen molar-refractivity contribution in [2.75, 3.05) is 5.43 Å². The second-order valence-electron chi connectivity index (χ2n) is 3.93. The first kappa shape index (κ1) is 12.5. The van der Waals surface area contributed by atoms with E-state index < -0.39 is 0 Å². The Hall–Kier alpha value is -2.00. The van der Waals surface area contributed by atoms with Crippen molar-refractivity contribution in [1.82, 2.24) is 0 Å². The van der Waals surface area contributed by atoms with Gasteiger partial charge < -0.3 is 5.11 Å². The van der Waals surface area contributed by atoms with Gasteiger partial charge in [0, 0.05) is 5.02 Å². The number of aryl methyl sites for hydroxylation is 1. The maximum Gasteiger partial charge on any atom is 0.116 e. The molecule has 0 saturated heterocycles. The second-order valence-corrected chi connectivity index (χ2v) is 4.34. The molecule has 2 N–H and O–H groups in total. The van der Waals surface area contributed by atoms with Gasteiger partial charge in [0.2, 0.25) is 0 Å². The van der Waals surface area contributed by atoms with Crippen molar-refractivity contribution in [3.05, 3.63) is 58.6 Å². The van der Waals surface area contributed by atoms with Crippen molar-refractivity contribution >= 4 is 23.5 Å². The Bertz CT molecular complexity index is 582. The Morgan fingerprint density at radius 3 is 2.78 bits per heavy atom. The van der Waals surface area contributed by atoms with Crippen molar-refractivity contribution in [3.8, 4) is 5.75 Å². The number of hydrazone groups is 1. The minimum Gasteiger partial charge on any atom is -0.508 e. The fourth-order valence-corrected chi connectivity index (χ4v) is 1.63. The smallest absolute Gasteiger partial charge is 0.116 e. The monoisotopic (exact) mass is 260 g/mol. The highest BCUT2D eigenvalue weighted by Gasteiger charge is 1.96. The zero-order valence-corrected chi connectivity index (χ0v) is 10.6. The molecule has 0 spiro atoms. The molecule has 2 rings (SSSR count). The third-order valence-electron chi connectivity index (χ3n) is 2.45. The Morgan fingerprint density at radius 1 is 1.22 bits per heavy atom. The number of benzene rings is 2. The Morgan fingerprint density at radius 2 is 2.06 bits per heavy atom. The zero-order chi connectivity index (χ0) is 13.0. The average molecular weight is 261 g/mol. The lowest BCUT2D eigenvalue weighted by molar-refractivity contribution is 0.475. The molecule has 18 heavy (non-hydrogen) atoms. The Balaban J connectivity index is 2.05. The summed E-state index contributed by atoms with van der Waals surface area (Å²) < 4.78 is 0. The molecule has 0 aliphatic heterocycles. The molecule has 0 aromatic heterocycles. The van der Waals surface area contributed by atoms with Crippen LogP contribution in [-0.2, 0) is 0 Å². The van der Waals surface area contributed by atoms with Gasteiger partial charge in [0.15, 0.2) is 0 Å². The molecule has 3 nitrogen and oxygen atoms in total. The van der Waals surface area contributed by atoms with E-state index in [2.05, 4.69) is 10.5 Å². The fourth-order valence-electron chi connectivity index (χ4n) is 1.45. The minimum atomic E-state index is 0.220. The summed E-state index contributed by atoms with van der Waals surface area (Å²) in [4.78, 5) is 0. The number of nitrogens with one attached hydrogen (secondary N) is 1. The van der Waals surface area contributed by atoms with Crippen LogP contribution < -0.4 is 5.43 Å². The topological polar surface area (TPSA) is 44.6 Å². The third-order valence-corrected chi connectivity index (χ3v) is 2.86. The molecule has 0 saturated carbocycles. The number of rotatable bonds is 3. The summed E-state index contributed by atoms with van der Waals surface area (Å²) in [6, 6.07) is 12.5. The van der Waals surface area contributed by atoms with Crippen LogP contribution in [0.1, 0.15) is 11.1 Å². The molecular weight excluding hydrogens is 248 g/mol. The number of phenols is 1. The van der Waals surface area contributed by atoms with Crippen LogP contribution in [0.3, 0.4) is 0 Å². The van der Waals surface area contributed by atoms with Crippen LogP contribution in [0.2, 0.25) is 5.02 Å². The predicted molar refractivity (Wildman–Crippen MR) is 75.5 cm³/mol. The average Bonchev–Trinajstić information content (AvgIpc) is 2.34. The van der Waals surface area contributed by atoms with Crippen LogP contribution in [0, 0.1) is 6.92 Å². The van der Waals surface area contributed by atoms with Gasteiger partial charge >= 0.3 is 0 Å². The normalized spacial score (nSPS) is 10.8. The highest BCUT2D eigenvalue weighted by atomic mass is 35.5. The Kier molecular flexibility index (Phi) is 3.85. The molecule has 0 bridgehead atoms. The molecule has 2 aromatic carbocycles. The van der Waals surface area contributed by atoms with Crippen molar-refractivity contribution in [1.29, 1.82) is 0 Å². The predicted octanol–water partition coefficient (Wildman–Crippen LogP) is 3.80. The number of aromatic hydroxyl groups is 1. The summed E-state index contributed by atoms with van der Waals surface area (Å²) in [6.45, 7) is 1.95. The number of hydrogen-bond acceptors (Lipinski definition) is 3. The van der Waals surface area contributed by atoms with Gasteiger partial charge in [-0.15, -0.1) is 0 Å². The van der Waals surface area contributed by atoms with Gasteiger partial charge in [-0.3, -0.25) is 5.43 Å². The second kappa shape index (κ2) is 5.56. The quantitative estimate of drug-likeness (QED) is 0.651. The maximum absolute atomic E-state index is 9.30. The van der Waals surface area contributed by atoms with Gasteiger partial charge in [0.05, 0.1) is 11.9 Å². The van der Waals surface area contributed by atoms with Crippen LogP contribution in [0.4, 0.5) is 5.69 Å². The van der Waals surface area contributed by atoms with E-state index in [0.29, 0.717) is 5.02 Å². The standard InChI is InChI=1S/C14H13ClN2O/c1-10-5-6-12(8-14(10)15)17-16-9-11-3-2-4-13(18)7-11/h2-9,17-18H,1H3/b16-9+.